The van der Waals surface area contributed by atoms with Crippen molar-refractivity contribution in [1.29, 1.82) is 0 Å². The van der Waals surface area contributed by atoms with Gasteiger partial charge in [-0.25, -0.2) is 0 Å². The monoisotopic (exact) mass is 521 g/mol. The SMILES string of the molecule is CCNC(=NCC1CN2CCN1CC2)N(C)Cc1ccc(Br)cc1.I. The summed E-state index contributed by atoms with van der Waals surface area (Å²) in [4.78, 5) is 12.3. The number of aliphatic imine (C=N–C) groups is 1. The molecule has 0 saturated carbocycles. The van der Waals surface area contributed by atoms with Crippen LogP contribution in [0.4, 0.5) is 0 Å². The maximum Gasteiger partial charge on any atom is 0.194 e. The van der Waals surface area contributed by atoms with Crippen molar-refractivity contribution in [2.45, 2.75) is 19.5 Å². The molecule has 140 valence electrons. The van der Waals surface area contributed by atoms with E-state index in [9.17, 15) is 0 Å². The summed E-state index contributed by atoms with van der Waals surface area (Å²) in [5.74, 6) is 0.998. The van der Waals surface area contributed by atoms with Crippen molar-refractivity contribution >= 4 is 45.9 Å². The first-order valence-corrected chi connectivity index (χ1v) is 9.65. The van der Waals surface area contributed by atoms with E-state index in [1.54, 1.807) is 0 Å². The molecule has 0 radical (unpaired) electrons. The molecule has 1 aromatic carbocycles. The Balaban J connectivity index is 0.00000225. The zero-order valence-electron chi connectivity index (χ0n) is 15.1. The largest absolute Gasteiger partial charge is 0.357 e. The zero-order chi connectivity index (χ0) is 16.9. The molecule has 3 aliphatic heterocycles. The summed E-state index contributed by atoms with van der Waals surface area (Å²) >= 11 is 3.49. The van der Waals surface area contributed by atoms with Crippen LogP contribution in [-0.4, -0.2) is 79.6 Å². The molecule has 3 aliphatic rings. The van der Waals surface area contributed by atoms with Gasteiger partial charge in [0.05, 0.1) is 6.54 Å². The van der Waals surface area contributed by atoms with E-state index in [2.05, 4.69) is 74.2 Å². The molecule has 0 amide bonds. The first-order chi connectivity index (χ1) is 11.7. The van der Waals surface area contributed by atoms with Gasteiger partial charge in [0.25, 0.3) is 0 Å². The standard InChI is InChI=1S/C18H28BrN5.HI/c1-3-20-18(22(2)13-15-4-6-16(19)7-5-15)21-12-17-14-23-8-10-24(17)11-9-23;/h4-7,17H,3,8-14H2,1-2H3,(H,20,21);1H. The molecule has 3 saturated heterocycles. The second-order valence-electron chi connectivity index (χ2n) is 6.67. The smallest absolute Gasteiger partial charge is 0.194 e. The molecule has 1 unspecified atom stereocenters. The van der Waals surface area contributed by atoms with Crippen LogP contribution in [0.1, 0.15) is 12.5 Å². The number of fused-ring (bicyclic) bond motifs is 3. The summed E-state index contributed by atoms with van der Waals surface area (Å²) in [6.45, 7) is 10.8. The van der Waals surface area contributed by atoms with Crippen LogP contribution in [0, 0.1) is 0 Å². The molecule has 5 nitrogen and oxygen atoms in total. The maximum absolute atomic E-state index is 4.92. The van der Waals surface area contributed by atoms with Crippen LogP contribution >= 0.6 is 39.9 Å². The lowest BCUT2D eigenvalue weighted by atomic mass is 10.1. The number of benzene rings is 1. The number of halogens is 2. The van der Waals surface area contributed by atoms with Gasteiger partial charge in [-0.2, -0.15) is 0 Å². The van der Waals surface area contributed by atoms with E-state index in [4.69, 9.17) is 4.99 Å². The lowest BCUT2D eigenvalue weighted by Gasteiger charge is -2.47. The van der Waals surface area contributed by atoms with Crippen molar-refractivity contribution < 1.29 is 0 Å². The van der Waals surface area contributed by atoms with Gasteiger partial charge in [0, 0.05) is 63.4 Å². The normalized spacial score (nSPS) is 25.4. The fourth-order valence-corrected chi connectivity index (χ4v) is 3.76. The van der Waals surface area contributed by atoms with Gasteiger partial charge in [-0.15, -0.1) is 24.0 Å². The van der Waals surface area contributed by atoms with E-state index in [0.717, 1.165) is 30.1 Å². The van der Waals surface area contributed by atoms with E-state index in [0.29, 0.717) is 6.04 Å². The van der Waals surface area contributed by atoms with Gasteiger partial charge in [-0.3, -0.25) is 14.8 Å². The second-order valence-corrected chi connectivity index (χ2v) is 7.58. The van der Waals surface area contributed by atoms with Crippen LogP contribution in [0.2, 0.25) is 0 Å². The van der Waals surface area contributed by atoms with Crippen LogP contribution in [0.15, 0.2) is 33.7 Å². The highest BCUT2D eigenvalue weighted by molar-refractivity contribution is 14.0. The molecule has 1 N–H and O–H groups in total. The van der Waals surface area contributed by atoms with Gasteiger partial charge in [-0.05, 0) is 24.6 Å². The molecule has 3 heterocycles. The van der Waals surface area contributed by atoms with Gasteiger partial charge < -0.3 is 10.2 Å². The highest BCUT2D eigenvalue weighted by atomic mass is 127. The number of hydrogen-bond donors (Lipinski definition) is 1. The lowest BCUT2D eigenvalue weighted by Crippen LogP contribution is -2.62. The van der Waals surface area contributed by atoms with E-state index in [-0.39, 0.29) is 24.0 Å². The van der Waals surface area contributed by atoms with Gasteiger partial charge in [0.15, 0.2) is 5.96 Å². The zero-order valence-corrected chi connectivity index (χ0v) is 19.0. The third-order valence-electron chi connectivity index (χ3n) is 4.87. The number of guanidine groups is 1. The molecule has 1 aromatic rings. The van der Waals surface area contributed by atoms with Crippen molar-refractivity contribution in [2.24, 2.45) is 4.99 Å². The second kappa shape index (κ2) is 10.1. The van der Waals surface area contributed by atoms with Crippen molar-refractivity contribution in [3.05, 3.63) is 34.3 Å². The predicted molar refractivity (Wildman–Crippen MR) is 119 cm³/mol. The Morgan fingerprint density at radius 2 is 1.92 bits per heavy atom. The van der Waals surface area contributed by atoms with Gasteiger partial charge in [0.1, 0.15) is 0 Å². The molecule has 4 rings (SSSR count). The third kappa shape index (κ3) is 5.80. The molecule has 25 heavy (non-hydrogen) atoms. The summed E-state index contributed by atoms with van der Waals surface area (Å²) in [7, 11) is 2.11. The van der Waals surface area contributed by atoms with Crippen LogP contribution in [0.25, 0.3) is 0 Å². The van der Waals surface area contributed by atoms with E-state index >= 15 is 0 Å². The number of nitrogens with zero attached hydrogens (tertiary/aromatic N) is 4. The molecule has 7 heteroatoms. The molecular formula is C18H29BrIN5. The molecule has 1 atom stereocenters. The molecular weight excluding hydrogens is 493 g/mol. The Morgan fingerprint density at radius 3 is 2.48 bits per heavy atom. The molecule has 0 aliphatic carbocycles. The van der Waals surface area contributed by atoms with E-state index in [1.807, 2.05) is 0 Å². The maximum atomic E-state index is 4.92. The quantitative estimate of drug-likeness (QED) is 0.367. The summed E-state index contributed by atoms with van der Waals surface area (Å²) in [6.07, 6.45) is 0. The minimum absolute atomic E-state index is 0. The first-order valence-electron chi connectivity index (χ1n) is 8.86. The fraction of sp³-hybridized carbons (Fsp3) is 0.611. The fourth-order valence-electron chi connectivity index (χ4n) is 3.50. The predicted octanol–water partition coefficient (Wildman–Crippen LogP) is 2.46. The molecule has 0 aromatic heterocycles. The molecule has 0 spiro atoms. The van der Waals surface area contributed by atoms with E-state index in [1.165, 1.54) is 38.3 Å². The Morgan fingerprint density at radius 1 is 1.24 bits per heavy atom. The topological polar surface area (TPSA) is 34.1 Å². The number of rotatable bonds is 5. The number of hydrogen-bond acceptors (Lipinski definition) is 3. The van der Waals surface area contributed by atoms with Crippen molar-refractivity contribution in [3.63, 3.8) is 0 Å². The van der Waals surface area contributed by atoms with Crippen LogP contribution < -0.4 is 5.32 Å². The molecule has 3 fully saturated rings. The third-order valence-corrected chi connectivity index (χ3v) is 5.40. The van der Waals surface area contributed by atoms with Crippen LogP contribution in [-0.2, 0) is 6.54 Å². The minimum atomic E-state index is 0. The summed E-state index contributed by atoms with van der Waals surface area (Å²) in [5, 5.41) is 3.43. The van der Waals surface area contributed by atoms with Crippen LogP contribution in [0.3, 0.4) is 0 Å². The Labute approximate surface area is 177 Å². The van der Waals surface area contributed by atoms with Crippen molar-refractivity contribution in [3.8, 4) is 0 Å². The van der Waals surface area contributed by atoms with Gasteiger partial charge in [0.2, 0.25) is 0 Å². The number of piperazine rings is 3. The minimum Gasteiger partial charge on any atom is -0.357 e. The first kappa shape index (κ1) is 20.9. The van der Waals surface area contributed by atoms with Crippen LogP contribution in [0.5, 0.6) is 0 Å². The van der Waals surface area contributed by atoms with Crippen molar-refractivity contribution in [2.75, 3.05) is 52.9 Å². The summed E-state index contributed by atoms with van der Waals surface area (Å²) < 4.78 is 1.12. The highest BCUT2D eigenvalue weighted by Gasteiger charge is 2.31. The van der Waals surface area contributed by atoms with Gasteiger partial charge >= 0.3 is 0 Å². The summed E-state index contributed by atoms with van der Waals surface area (Å²) in [6, 6.07) is 9.07. The average Bonchev–Trinajstić information content (AvgIpc) is 2.61. The average molecular weight is 522 g/mol. The van der Waals surface area contributed by atoms with Crippen molar-refractivity contribution in [1.82, 2.24) is 20.0 Å². The van der Waals surface area contributed by atoms with Gasteiger partial charge in [-0.1, -0.05) is 28.1 Å². The lowest BCUT2D eigenvalue weighted by molar-refractivity contribution is 0.0173. The summed E-state index contributed by atoms with van der Waals surface area (Å²) in [5.41, 5.74) is 1.29. The Kier molecular flexibility index (Phi) is 8.44. The highest BCUT2D eigenvalue weighted by Crippen LogP contribution is 2.16. The number of nitrogens with one attached hydrogen (secondary N) is 1. The van der Waals surface area contributed by atoms with E-state index < -0.39 is 0 Å². The Hall–Kier alpha value is -0.380. The molecule has 2 bridgehead atoms. The Bertz CT molecular complexity index is 557.